The van der Waals surface area contributed by atoms with Crippen molar-refractivity contribution >= 4 is 5.91 Å². The number of likely N-dealkylation sites (tertiary alicyclic amines) is 2. The van der Waals surface area contributed by atoms with E-state index in [1.165, 1.54) is 51.7 Å². The Bertz CT molecular complexity index is 634. The lowest BCUT2D eigenvalue weighted by Crippen LogP contribution is -2.51. The number of nitrogens with zero attached hydrogens (tertiary/aromatic N) is 3. The third-order valence-corrected chi connectivity index (χ3v) is 6.64. The Morgan fingerprint density at radius 2 is 2.04 bits per heavy atom. The molecule has 2 aliphatic heterocycles. The van der Waals surface area contributed by atoms with Gasteiger partial charge in [-0.2, -0.15) is 0 Å². The predicted octanol–water partition coefficient (Wildman–Crippen LogP) is 3.64. The van der Waals surface area contributed by atoms with E-state index in [2.05, 4.69) is 26.9 Å². The Balaban J connectivity index is 1.32. The number of rotatable bonds is 4. The molecule has 1 spiro atoms. The number of amides is 1. The van der Waals surface area contributed by atoms with Gasteiger partial charge in [0, 0.05) is 25.7 Å². The smallest absolute Gasteiger partial charge is 0.222 e. The number of aromatic nitrogens is 1. The van der Waals surface area contributed by atoms with Gasteiger partial charge in [0.25, 0.3) is 0 Å². The van der Waals surface area contributed by atoms with E-state index < -0.39 is 0 Å². The van der Waals surface area contributed by atoms with Crippen molar-refractivity contribution in [3.63, 3.8) is 0 Å². The molecule has 0 N–H and O–H groups in total. The molecule has 2 fully saturated rings. The summed E-state index contributed by atoms with van der Waals surface area (Å²) in [4.78, 5) is 21.6. The first kappa shape index (κ1) is 17.7. The Kier molecular flexibility index (Phi) is 5.39. The SMILES string of the molecule is O=C1CCC2(CCN(C[C@@H]3CC=CCC3)CC2)CN1Cc1ccccn1. The molecule has 0 aromatic carbocycles. The molecule has 2 saturated heterocycles. The van der Waals surface area contributed by atoms with Crippen LogP contribution in [0.4, 0.5) is 0 Å². The third kappa shape index (κ3) is 4.17. The quantitative estimate of drug-likeness (QED) is 0.776. The van der Waals surface area contributed by atoms with Crippen LogP contribution in [0.15, 0.2) is 36.5 Å². The molecule has 1 atom stereocenters. The van der Waals surface area contributed by atoms with Crippen LogP contribution < -0.4 is 0 Å². The highest BCUT2D eigenvalue weighted by Gasteiger charge is 2.41. The van der Waals surface area contributed by atoms with Crippen molar-refractivity contribution < 1.29 is 4.79 Å². The molecular formula is C22H31N3O. The van der Waals surface area contributed by atoms with Crippen LogP contribution in [0.5, 0.6) is 0 Å². The highest BCUT2D eigenvalue weighted by molar-refractivity contribution is 5.77. The number of carbonyl (C=O) groups excluding carboxylic acids is 1. The number of piperidine rings is 2. The van der Waals surface area contributed by atoms with E-state index in [0.29, 0.717) is 24.3 Å². The van der Waals surface area contributed by atoms with E-state index in [0.717, 1.165) is 24.6 Å². The van der Waals surface area contributed by atoms with Crippen molar-refractivity contribution in [1.82, 2.24) is 14.8 Å². The zero-order chi connectivity index (χ0) is 17.8. The molecule has 0 radical (unpaired) electrons. The van der Waals surface area contributed by atoms with Crippen molar-refractivity contribution in [2.45, 2.75) is 51.5 Å². The molecule has 1 aromatic heterocycles. The van der Waals surface area contributed by atoms with Crippen molar-refractivity contribution in [3.05, 3.63) is 42.2 Å². The fraction of sp³-hybridized carbons (Fsp3) is 0.636. The second-order valence-electron chi connectivity index (χ2n) is 8.52. The van der Waals surface area contributed by atoms with Gasteiger partial charge in [-0.1, -0.05) is 18.2 Å². The molecule has 3 heterocycles. The molecule has 1 aromatic rings. The predicted molar refractivity (Wildman–Crippen MR) is 103 cm³/mol. The van der Waals surface area contributed by atoms with E-state index >= 15 is 0 Å². The molecule has 26 heavy (non-hydrogen) atoms. The fourth-order valence-electron chi connectivity index (χ4n) is 4.94. The highest BCUT2D eigenvalue weighted by Crippen LogP contribution is 2.41. The molecule has 4 rings (SSSR count). The van der Waals surface area contributed by atoms with Gasteiger partial charge in [-0.05, 0) is 75.1 Å². The average Bonchev–Trinajstić information content (AvgIpc) is 2.69. The topological polar surface area (TPSA) is 36.4 Å². The standard InChI is InChI=1S/C22H31N3O/c26-21-9-10-22(18-25(21)17-20-8-4-5-13-23-20)11-14-24(15-12-22)16-19-6-2-1-3-7-19/h1-2,4-5,8,13,19H,3,6-7,9-12,14-18H2/t19-/m1/s1. The van der Waals surface area contributed by atoms with Crippen LogP contribution in [0.1, 0.15) is 50.6 Å². The largest absolute Gasteiger partial charge is 0.336 e. The number of pyridine rings is 1. The van der Waals surface area contributed by atoms with Gasteiger partial charge in [-0.15, -0.1) is 0 Å². The Morgan fingerprint density at radius 1 is 1.15 bits per heavy atom. The number of carbonyl (C=O) groups is 1. The number of hydrogen-bond acceptors (Lipinski definition) is 3. The lowest BCUT2D eigenvalue weighted by molar-refractivity contribution is -0.140. The zero-order valence-corrected chi connectivity index (χ0v) is 15.8. The van der Waals surface area contributed by atoms with Crippen LogP contribution in [-0.2, 0) is 11.3 Å². The molecule has 0 bridgehead atoms. The van der Waals surface area contributed by atoms with Crippen molar-refractivity contribution in [2.75, 3.05) is 26.2 Å². The molecule has 140 valence electrons. The first-order valence-electron chi connectivity index (χ1n) is 10.3. The van der Waals surface area contributed by atoms with Gasteiger partial charge >= 0.3 is 0 Å². The highest BCUT2D eigenvalue weighted by atomic mass is 16.2. The molecule has 0 unspecified atom stereocenters. The van der Waals surface area contributed by atoms with Crippen molar-refractivity contribution in [1.29, 1.82) is 0 Å². The van der Waals surface area contributed by atoms with Gasteiger partial charge in [0.1, 0.15) is 0 Å². The first-order valence-corrected chi connectivity index (χ1v) is 10.3. The van der Waals surface area contributed by atoms with Gasteiger partial charge in [0.2, 0.25) is 5.91 Å². The van der Waals surface area contributed by atoms with E-state index in [1.54, 1.807) is 0 Å². The summed E-state index contributed by atoms with van der Waals surface area (Å²) in [6, 6.07) is 5.96. The Hall–Kier alpha value is -1.68. The lowest BCUT2D eigenvalue weighted by Gasteiger charge is -2.48. The maximum atomic E-state index is 12.4. The molecule has 1 amide bonds. The van der Waals surface area contributed by atoms with Crippen LogP contribution in [0, 0.1) is 11.3 Å². The zero-order valence-electron chi connectivity index (χ0n) is 15.8. The van der Waals surface area contributed by atoms with Gasteiger partial charge in [0.15, 0.2) is 0 Å². The summed E-state index contributed by atoms with van der Waals surface area (Å²) >= 11 is 0. The van der Waals surface area contributed by atoms with Crippen molar-refractivity contribution in [3.8, 4) is 0 Å². The molecule has 4 heteroatoms. The summed E-state index contributed by atoms with van der Waals surface area (Å²) in [6.45, 7) is 5.25. The van der Waals surface area contributed by atoms with Gasteiger partial charge in [0.05, 0.1) is 12.2 Å². The average molecular weight is 354 g/mol. The van der Waals surface area contributed by atoms with Crippen LogP contribution in [-0.4, -0.2) is 46.9 Å². The summed E-state index contributed by atoms with van der Waals surface area (Å²) in [7, 11) is 0. The molecule has 4 nitrogen and oxygen atoms in total. The number of hydrogen-bond donors (Lipinski definition) is 0. The first-order chi connectivity index (χ1) is 12.7. The number of allylic oxidation sites excluding steroid dienone is 2. The maximum Gasteiger partial charge on any atom is 0.222 e. The minimum absolute atomic E-state index is 0.303. The van der Waals surface area contributed by atoms with Gasteiger partial charge in [-0.25, -0.2) is 0 Å². The van der Waals surface area contributed by atoms with Crippen LogP contribution in [0.25, 0.3) is 0 Å². The molecular weight excluding hydrogens is 322 g/mol. The van der Waals surface area contributed by atoms with Crippen LogP contribution in [0.3, 0.4) is 0 Å². The van der Waals surface area contributed by atoms with E-state index in [1.807, 2.05) is 24.4 Å². The summed E-state index contributed by atoms with van der Waals surface area (Å²) in [5.74, 6) is 1.15. The second kappa shape index (κ2) is 7.91. The Labute approximate surface area is 157 Å². The summed E-state index contributed by atoms with van der Waals surface area (Å²) in [6.07, 6.45) is 14.6. The monoisotopic (exact) mass is 353 g/mol. The molecule has 3 aliphatic rings. The minimum atomic E-state index is 0.303. The van der Waals surface area contributed by atoms with Gasteiger partial charge in [-0.3, -0.25) is 9.78 Å². The van der Waals surface area contributed by atoms with E-state index in [4.69, 9.17) is 0 Å². The van der Waals surface area contributed by atoms with Gasteiger partial charge < -0.3 is 9.80 Å². The fourth-order valence-corrected chi connectivity index (χ4v) is 4.94. The Morgan fingerprint density at radius 3 is 2.77 bits per heavy atom. The molecule has 0 saturated carbocycles. The third-order valence-electron chi connectivity index (χ3n) is 6.64. The molecule has 1 aliphatic carbocycles. The summed E-state index contributed by atoms with van der Waals surface area (Å²) in [5.41, 5.74) is 1.34. The van der Waals surface area contributed by atoms with E-state index in [-0.39, 0.29) is 0 Å². The normalized spacial score (nSPS) is 26.4. The van der Waals surface area contributed by atoms with Crippen LogP contribution >= 0.6 is 0 Å². The lowest BCUT2D eigenvalue weighted by atomic mass is 9.72. The summed E-state index contributed by atoms with van der Waals surface area (Å²) in [5, 5.41) is 0. The van der Waals surface area contributed by atoms with Crippen LogP contribution in [0.2, 0.25) is 0 Å². The maximum absolute atomic E-state index is 12.4. The minimum Gasteiger partial charge on any atom is -0.336 e. The second-order valence-corrected chi connectivity index (χ2v) is 8.52. The van der Waals surface area contributed by atoms with E-state index in [9.17, 15) is 4.79 Å². The summed E-state index contributed by atoms with van der Waals surface area (Å²) < 4.78 is 0. The van der Waals surface area contributed by atoms with Crippen molar-refractivity contribution in [2.24, 2.45) is 11.3 Å².